The van der Waals surface area contributed by atoms with E-state index in [0.29, 0.717) is 11.8 Å². The predicted octanol–water partition coefficient (Wildman–Crippen LogP) is 3.34. The Bertz CT molecular complexity index is 318. The van der Waals surface area contributed by atoms with E-state index < -0.39 is 5.79 Å². The molecule has 0 amide bonds. The van der Waals surface area contributed by atoms with Gasteiger partial charge in [0.2, 0.25) is 0 Å². The molecule has 0 aromatic rings. The van der Waals surface area contributed by atoms with Gasteiger partial charge in [0.1, 0.15) is 0 Å². The van der Waals surface area contributed by atoms with Crippen molar-refractivity contribution in [2.75, 3.05) is 0 Å². The van der Waals surface area contributed by atoms with Gasteiger partial charge in [-0.3, -0.25) is 0 Å². The minimum absolute atomic E-state index is 0.0397. The molecule has 5 unspecified atom stereocenters. The summed E-state index contributed by atoms with van der Waals surface area (Å²) >= 11 is 0. The summed E-state index contributed by atoms with van der Waals surface area (Å²) in [7, 11) is 0. The van der Waals surface area contributed by atoms with Crippen LogP contribution in [0.5, 0.6) is 0 Å². The van der Waals surface area contributed by atoms with Crippen LogP contribution in [0.4, 0.5) is 0 Å². The molecule has 2 aliphatic carbocycles. The zero-order valence-corrected chi connectivity index (χ0v) is 11.6. The average Bonchev–Trinajstić information content (AvgIpc) is 2.18. The molecule has 0 spiro atoms. The first-order chi connectivity index (χ1) is 7.81. The van der Waals surface area contributed by atoms with Gasteiger partial charge >= 0.3 is 0 Å². The van der Waals surface area contributed by atoms with Crippen molar-refractivity contribution in [2.24, 2.45) is 22.7 Å². The van der Waals surface area contributed by atoms with E-state index in [1.807, 2.05) is 0 Å². The number of fused-ring (bicyclic) bond motifs is 1. The van der Waals surface area contributed by atoms with Gasteiger partial charge in [-0.15, -0.1) is 0 Å². The lowest BCUT2D eigenvalue weighted by atomic mass is 9.44. The van der Waals surface area contributed by atoms with Crippen LogP contribution in [0.3, 0.4) is 0 Å². The van der Waals surface area contributed by atoms with Crippen LogP contribution >= 0.6 is 0 Å². The topological polar surface area (TPSA) is 29.5 Å². The minimum Gasteiger partial charge on any atom is -0.365 e. The Morgan fingerprint density at radius 3 is 2.47 bits per heavy atom. The summed E-state index contributed by atoms with van der Waals surface area (Å²) in [6.45, 7) is 9.24. The van der Waals surface area contributed by atoms with Gasteiger partial charge in [-0.1, -0.05) is 27.7 Å². The Morgan fingerprint density at radius 1 is 1.18 bits per heavy atom. The molecule has 4 fully saturated rings. The fourth-order valence-corrected chi connectivity index (χ4v) is 4.91. The van der Waals surface area contributed by atoms with Crippen LogP contribution in [0, 0.1) is 22.7 Å². The zero-order valence-electron chi connectivity index (χ0n) is 11.6. The summed E-state index contributed by atoms with van der Waals surface area (Å²) in [6, 6.07) is 0. The third-order valence-corrected chi connectivity index (χ3v) is 6.41. The van der Waals surface area contributed by atoms with Crippen molar-refractivity contribution in [3.8, 4) is 0 Å². The van der Waals surface area contributed by atoms with Crippen LogP contribution in [0.1, 0.15) is 59.8 Å². The van der Waals surface area contributed by atoms with E-state index in [1.165, 1.54) is 6.42 Å². The van der Waals surface area contributed by atoms with Crippen LogP contribution in [0.15, 0.2) is 0 Å². The summed E-state index contributed by atoms with van der Waals surface area (Å²) in [4.78, 5) is 0. The zero-order chi connectivity index (χ0) is 12.5. The maximum absolute atomic E-state index is 10.9. The van der Waals surface area contributed by atoms with E-state index in [0.717, 1.165) is 25.7 Å². The molecule has 2 heteroatoms. The smallest absolute Gasteiger partial charge is 0.171 e. The monoisotopic (exact) mass is 238 g/mol. The van der Waals surface area contributed by atoms with Crippen LogP contribution in [-0.4, -0.2) is 17.0 Å². The number of hydrogen-bond donors (Lipinski definition) is 1. The van der Waals surface area contributed by atoms with E-state index >= 15 is 0 Å². The molecule has 1 N–H and O–H groups in total. The SMILES string of the molecule is CC(C)C1CC2(C)C3(C)CCCC2(O)OC1C3. The third kappa shape index (κ3) is 1.29. The Kier molecular flexibility index (Phi) is 2.30. The van der Waals surface area contributed by atoms with E-state index in [-0.39, 0.29) is 16.9 Å². The average molecular weight is 238 g/mol. The minimum atomic E-state index is -0.839. The molecule has 0 aromatic heterocycles. The molecular weight excluding hydrogens is 212 g/mol. The maximum atomic E-state index is 10.9. The standard InChI is InChI=1S/C15H26O2/c1-10(2)11-8-14(4)13(3)6-5-7-15(14,16)17-12(11)9-13/h10-12,16H,5-9H2,1-4H3. The molecular formula is C15H26O2. The van der Waals surface area contributed by atoms with Crippen LogP contribution in [-0.2, 0) is 4.74 Å². The molecule has 4 rings (SSSR count). The van der Waals surface area contributed by atoms with E-state index in [2.05, 4.69) is 27.7 Å². The first kappa shape index (κ1) is 12.0. The highest BCUT2D eigenvalue weighted by Gasteiger charge is 2.69. The number of rotatable bonds is 1. The highest BCUT2D eigenvalue weighted by atomic mass is 16.6. The van der Waals surface area contributed by atoms with Crippen molar-refractivity contribution in [2.45, 2.75) is 71.7 Å². The van der Waals surface area contributed by atoms with Gasteiger partial charge in [-0.25, -0.2) is 0 Å². The van der Waals surface area contributed by atoms with Crippen molar-refractivity contribution >= 4 is 0 Å². The van der Waals surface area contributed by atoms with Gasteiger partial charge < -0.3 is 9.84 Å². The molecule has 2 nitrogen and oxygen atoms in total. The second-order valence-corrected chi connectivity index (χ2v) is 7.50. The summed E-state index contributed by atoms with van der Waals surface area (Å²) < 4.78 is 6.14. The van der Waals surface area contributed by atoms with Gasteiger partial charge in [0.05, 0.1) is 6.10 Å². The van der Waals surface area contributed by atoms with Crippen LogP contribution in [0.2, 0.25) is 0 Å². The van der Waals surface area contributed by atoms with Gasteiger partial charge in [0.15, 0.2) is 5.79 Å². The van der Waals surface area contributed by atoms with E-state index in [1.54, 1.807) is 0 Å². The molecule has 2 saturated heterocycles. The molecule has 5 atom stereocenters. The number of ether oxygens (including phenoxy) is 1. The third-order valence-electron chi connectivity index (χ3n) is 6.41. The van der Waals surface area contributed by atoms with Crippen LogP contribution < -0.4 is 0 Å². The molecule has 2 heterocycles. The van der Waals surface area contributed by atoms with Crippen molar-refractivity contribution < 1.29 is 9.84 Å². The summed E-state index contributed by atoms with van der Waals surface area (Å²) in [6.07, 6.45) is 5.78. The molecule has 4 bridgehead atoms. The lowest BCUT2D eigenvalue weighted by molar-refractivity contribution is -0.409. The lowest BCUT2D eigenvalue weighted by Gasteiger charge is -2.69. The Balaban J connectivity index is 2.02. The van der Waals surface area contributed by atoms with Gasteiger partial charge in [-0.2, -0.15) is 0 Å². The van der Waals surface area contributed by atoms with E-state index in [9.17, 15) is 5.11 Å². The first-order valence-electron chi connectivity index (χ1n) is 7.22. The Morgan fingerprint density at radius 2 is 1.88 bits per heavy atom. The van der Waals surface area contributed by atoms with Gasteiger partial charge in [0.25, 0.3) is 0 Å². The lowest BCUT2D eigenvalue weighted by Crippen LogP contribution is -2.71. The number of hydrogen-bond acceptors (Lipinski definition) is 2. The van der Waals surface area contributed by atoms with Crippen molar-refractivity contribution in [1.82, 2.24) is 0 Å². The van der Waals surface area contributed by atoms with Crippen LogP contribution in [0.25, 0.3) is 0 Å². The van der Waals surface area contributed by atoms with Crippen molar-refractivity contribution in [3.05, 3.63) is 0 Å². The summed E-state index contributed by atoms with van der Waals surface area (Å²) in [5.74, 6) is 0.452. The summed E-state index contributed by atoms with van der Waals surface area (Å²) in [5, 5.41) is 10.9. The Hall–Kier alpha value is -0.0800. The quantitative estimate of drug-likeness (QED) is 0.759. The molecule has 98 valence electrons. The Labute approximate surface area is 105 Å². The molecule has 0 radical (unpaired) electrons. The first-order valence-corrected chi connectivity index (χ1v) is 7.22. The van der Waals surface area contributed by atoms with Gasteiger partial charge in [0, 0.05) is 11.8 Å². The second kappa shape index (κ2) is 3.27. The second-order valence-electron chi connectivity index (χ2n) is 7.50. The molecule has 17 heavy (non-hydrogen) atoms. The normalized spacial score (nSPS) is 57.5. The molecule has 4 aliphatic rings. The fourth-order valence-electron chi connectivity index (χ4n) is 4.91. The largest absolute Gasteiger partial charge is 0.365 e. The van der Waals surface area contributed by atoms with Crippen molar-refractivity contribution in [1.29, 1.82) is 0 Å². The highest BCUT2D eigenvalue weighted by molar-refractivity contribution is 5.14. The van der Waals surface area contributed by atoms with Crippen molar-refractivity contribution in [3.63, 3.8) is 0 Å². The summed E-state index contributed by atoms with van der Waals surface area (Å²) in [5.41, 5.74) is 0.246. The highest BCUT2D eigenvalue weighted by Crippen LogP contribution is 2.69. The molecule has 2 aliphatic heterocycles. The fraction of sp³-hybridized carbons (Fsp3) is 1.00. The van der Waals surface area contributed by atoms with Gasteiger partial charge in [-0.05, 0) is 42.9 Å². The molecule has 0 aromatic carbocycles. The van der Waals surface area contributed by atoms with E-state index in [4.69, 9.17) is 4.74 Å². The predicted molar refractivity (Wildman–Crippen MR) is 67.4 cm³/mol. The molecule has 2 saturated carbocycles. The maximum Gasteiger partial charge on any atom is 0.171 e. The number of aliphatic hydroxyl groups is 1.